The molecule has 0 unspecified atom stereocenters. The zero-order valence-corrected chi connectivity index (χ0v) is 17.9. The molecule has 1 fully saturated rings. The van der Waals surface area contributed by atoms with Gasteiger partial charge < -0.3 is 19.1 Å². The summed E-state index contributed by atoms with van der Waals surface area (Å²) in [6.07, 6.45) is 1.00. The van der Waals surface area contributed by atoms with E-state index in [1.54, 1.807) is 17.0 Å². The highest BCUT2D eigenvalue weighted by molar-refractivity contribution is 6.44. The molecule has 2 heterocycles. The molecule has 2 aliphatic rings. The molecule has 29 heavy (non-hydrogen) atoms. The lowest BCUT2D eigenvalue weighted by Crippen LogP contribution is -2.40. The molecule has 1 spiro atoms. The number of fused-ring (bicyclic) bond motifs is 2. The van der Waals surface area contributed by atoms with Gasteiger partial charge in [0.2, 0.25) is 0 Å². The van der Waals surface area contributed by atoms with Gasteiger partial charge in [-0.05, 0) is 42.2 Å². The molecule has 0 atom stereocenters. The summed E-state index contributed by atoms with van der Waals surface area (Å²) in [7, 11) is 0. The molecular formula is C22H23Cl2NO4. The fourth-order valence-electron chi connectivity index (χ4n) is 3.59. The quantitative estimate of drug-likeness (QED) is 0.628. The normalized spacial score (nSPS) is 17.4. The molecule has 2 aliphatic heterocycles. The standard InChI is InChI=1S/C22H23Cl2NO4/c1-14(2)9-10-27-16-5-3-15(4-6-16)13-25-20-17(7-8-18(23)19(20)24)22(21(25)26)28-11-12-29-22/h3-8,14H,9-13H2,1-2H3. The van der Waals surface area contributed by atoms with Crippen molar-refractivity contribution in [2.75, 3.05) is 24.7 Å². The first kappa shape index (κ1) is 20.5. The van der Waals surface area contributed by atoms with Crippen molar-refractivity contribution in [3.63, 3.8) is 0 Å². The third-order valence-electron chi connectivity index (χ3n) is 5.14. The van der Waals surface area contributed by atoms with Crippen molar-refractivity contribution in [1.82, 2.24) is 0 Å². The number of hydrogen-bond donors (Lipinski definition) is 0. The van der Waals surface area contributed by atoms with Crippen LogP contribution in [0, 0.1) is 5.92 Å². The zero-order valence-electron chi connectivity index (χ0n) is 16.4. The predicted octanol–water partition coefficient (Wildman–Crippen LogP) is 5.16. The summed E-state index contributed by atoms with van der Waals surface area (Å²) in [6.45, 7) is 6.04. The molecule has 0 N–H and O–H groups in total. The van der Waals surface area contributed by atoms with Gasteiger partial charge >= 0.3 is 0 Å². The van der Waals surface area contributed by atoms with Crippen LogP contribution >= 0.6 is 23.2 Å². The second kappa shape index (κ2) is 8.15. The van der Waals surface area contributed by atoms with Crippen LogP contribution in [-0.2, 0) is 26.6 Å². The Morgan fingerprint density at radius 2 is 1.79 bits per heavy atom. The molecule has 1 amide bonds. The zero-order chi connectivity index (χ0) is 20.6. The van der Waals surface area contributed by atoms with Gasteiger partial charge in [-0.2, -0.15) is 0 Å². The van der Waals surface area contributed by atoms with Crippen molar-refractivity contribution >= 4 is 34.8 Å². The number of amides is 1. The van der Waals surface area contributed by atoms with Crippen molar-refractivity contribution in [2.24, 2.45) is 5.92 Å². The summed E-state index contributed by atoms with van der Waals surface area (Å²) >= 11 is 12.7. The lowest BCUT2D eigenvalue weighted by molar-refractivity contribution is -0.180. The third kappa shape index (κ3) is 3.73. The van der Waals surface area contributed by atoms with Crippen LogP contribution in [0.2, 0.25) is 10.0 Å². The molecule has 7 heteroatoms. The maximum Gasteiger partial charge on any atom is 0.292 e. The van der Waals surface area contributed by atoms with Gasteiger partial charge in [0.05, 0.1) is 42.1 Å². The van der Waals surface area contributed by atoms with Gasteiger partial charge in [-0.1, -0.05) is 49.2 Å². The maximum absolute atomic E-state index is 13.3. The van der Waals surface area contributed by atoms with Crippen molar-refractivity contribution < 1.29 is 19.0 Å². The van der Waals surface area contributed by atoms with Gasteiger partial charge in [0.1, 0.15) is 5.75 Å². The van der Waals surface area contributed by atoms with Gasteiger partial charge in [0.15, 0.2) is 0 Å². The monoisotopic (exact) mass is 435 g/mol. The molecule has 1 saturated heterocycles. The van der Waals surface area contributed by atoms with E-state index in [4.69, 9.17) is 37.4 Å². The fourth-order valence-corrected chi connectivity index (χ4v) is 4.01. The largest absolute Gasteiger partial charge is 0.494 e. The van der Waals surface area contributed by atoms with E-state index in [2.05, 4.69) is 13.8 Å². The average molecular weight is 436 g/mol. The van der Waals surface area contributed by atoms with E-state index in [-0.39, 0.29) is 5.91 Å². The Balaban J connectivity index is 1.58. The minimum atomic E-state index is -1.43. The molecule has 2 aromatic rings. The highest BCUT2D eigenvalue weighted by atomic mass is 35.5. The summed E-state index contributed by atoms with van der Waals surface area (Å²) in [5.41, 5.74) is 2.08. The van der Waals surface area contributed by atoms with Crippen LogP contribution in [-0.4, -0.2) is 25.7 Å². The van der Waals surface area contributed by atoms with Crippen molar-refractivity contribution in [3.8, 4) is 5.75 Å². The number of anilines is 1. The van der Waals surface area contributed by atoms with Crippen LogP contribution in [0.25, 0.3) is 0 Å². The average Bonchev–Trinajstić information content (AvgIpc) is 3.27. The Kier molecular flexibility index (Phi) is 5.76. The number of carbonyl (C=O) groups is 1. The number of benzene rings is 2. The smallest absolute Gasteiger partial charge is 0.292 e. The molecule has 4 rings (SSSR count). The minimum absolute atomic E-state index is 0.286. The molecule has 0 aromatic heterocycles. The summed E-state index contributed by atoms with van der Waals surface area (Å²) in [5, 5.41) is 0.703. The summed E-state index contributed by atoms with van der Waals surface area (Å²) < 4.78 is 17.3. The van der Waals surface area contributed by atoms with Gasteiger partial charge in [-0.3, -0.25) is 4.79 Å². The van der Waals surface area contributed by atoms with Crippen molar-refractivity contribution in [1.29, 1.82) is 0 Å². The summed E-state index contributed by atoms with van der Waals surface area (Å²) in [4.78, 5) is 14.9. The van der Waals surface area contributed by atoms with Crippen LogP contribution in [0.3, 0.4) is 0 Å². The fraction of sp³-hybridized carbons (Fsp3) is 0.409. The highest BCUT2D eigenvalue weighted by Crippen LogP contribution is 2.51. The second-order valence-corrected chi connectivity index (χ2v) is 8.42. The van der Waals surface area contributed by atoms with E-state index < -0.39 is 5.79 Å². The molecule has 0 bridgehead atoms. The van der Waals surface area contributed by atoms with Gasteiger partial charge in [0.25, 0.3) is 11.7 Å². The molecule has 154 valence electrons. The first-order valence-electron chi connectivity index (χ1n) is 9.72. The van der Waals surface area contributed by atoms with E-state index in [0.29, 0.717) is 53.6 Å². The van der Waals surface area contributed by atoms with Crippen LogP contribution in [0.5, 0.6) is 5.75 Å². The van der Waals surface area contributed by atoms with Crippen LogP contribution in [0.15, 0.2) is 36.4 Å². The van der Waals surface area contributed by atoms with Gasteiger partial charge in [0, 0.05) is 5.56 Å². The molecule has 5 nitrogen and oxygen atoms in total. The molecule has 0 saturated carbocycles. The molecular weight excluding hydrogens is 413 g/mol. The summed E-state index contributed by atoms with van der Waals surface area (Å²) in [6, 6.07) is 11.1. The van der Waals surface area contributed by atoms with E-state index in [1.165, 1.54) is 0 Å². The SMILES string of the molecule is CC(C)CCOc1ccc(CN2C(=O)C3(OCCO3)c3ccc(Cl)c(Cl)c32)cc1. The van der Waals surface area contributed by atoms with E-state index in [9.17, 15) is 4.79 Å². The number of halogens is 2. The van der Waals surface area contributed by atoms with Gasteiger partial charge in [-0.25, -0.2) is 0 Å². The predicted molar refractivity (Wildman–Crippen MR) is 113 cm³/mol. The van der Waals surface area contributed by atoms with Crippen LogP contribution < -0.4 is 9.64 Å². The molecule has 0 aliphatic carbocycles. The first-order chi connectivity index (χ1) is 13.9. The number of rotatable bonds is 6. The number of hydrogen-bond acceptors (Lipinski definition) is 4. The van der Waals surface area contributed by atoms with Crippen LogP contribution in [0.1, 0.15) is 31.4 Å². The Hall–Kier alpha value is -1.79. The Morgan fingerprint density at radius 3 is 2.45 bits per heavy atom. The lowest BCUT2D eigenvalue weighted by atomic mass is 10.1. The van der Waals surface area contributed by atoms with E-state index in [0.717, 1.165) is 17.7 Å². The van der Waals surface area contributed by atoms with E-state index >= 15 is 0 Å². The van der Waals surface area contributed by atoms with Crippen molar-refractivity contribution in [3.05, 3.63) is 57.6 Å². The highest BCUT2D eigenvalue weighted by Gasteiger charge is 2.56. The maximum atomic E-state index is 13.3. The number of nitrogens with zero attached hydrogens (tertiary/aromatic N) is 1. The Morgan fingerprint density at radius 1 is 1.10 bits per heavy atom. The molecule has 2 aromatic carbocycles. The molecule has 0 radical (unpaired) electrons. The topological polar surface area (TPSA) is 48.0 Å². The second-order valence-electron chi connectivity index (χ2n) is 7.64. The van der Waals surface area contributed by atoms with Crippen molar-refractivity contribution in [2.45, 2.75) is 32.6 Å². The summed E-state index contributed by atoms with van der Waals surface area (Å²) in [5.74, 6) is -0.308. The number of ether oxygens (including phenoxy) is 3. The first-order valence-corrected chi connectivity index (χ1v) is 10.5. The number of carbonyl (C=O) groups excluding carboxylic acids is 1. The van der Waals surface area contributed by atoms with Gasteiger partial charge in [-0.15, -0.1) is 0 Å². The Labute approximate surface area is 180 Å². The lowest BCUT2D eigenvalue weighted by Gasteiger charge is -2.22. The Bertz CT molecular complexity index is 908. The van der Waals surface area contributed by atoms with Crippen LogP contribution in [0.4, 0.5) is 5.69 Å². The van der Waals surface area contributed by atoms with E-state index in [1.807, 2.05) is 24.3 Å². The minimum Gasteiger partial charge on any atom is -0.494 e. The third-order valence-corrected chi connectivity index (χ3v) is 5.94.